The van der Waals surface area contributed by atoms with Crippen LogP contribution in [0.2, 0.25) is 0 Å². The van der Waals surface area contributed by atoms with Gasteiger partial charge >= 0.3 is 12.5 Å². The molecular formula is C6H11N2O3. The van der Waals surface area contributed by atoms with Crippen molar-refractivity contribution >= 4 is 12.5 Å². The number of hydrazine groups is 1. The van der Waals surface area contributed by atoms with Gasteiger partial charge in [0.2, 0.25) is 0 Å². The van der Waals surface area contributed by atoms with E-state index in [1.54, 1.807) is 0 Å². The molecule has 0 aromatic carbocycles. The van der Waals surface area contributed by atoms with Gasteiger partial charge in [-0.25, -0.2) is 15.2 Å². The third-order valence-corrected chi connectivity index (χ3v) is 0.969. The number of rotatable bonds is 4. The van der Waals surface area contributed by atoms with E-state index in [-0.39, 0.29) is 0 Å². The van der Waals surface area contributed by atoms with E-state index in [1.807, 2.05) is 6.92 Å². The fraction of sp³-hybridized carbons (Fsp3) is 0.667. The fourth-order valence-electron chi connectivity index (χ4n) is 0.504. The average Bonchev–Trinajstić information content (AvgIpc) is 2.03. The Kier molecular flexibility index (Phi) is 4.89. The number of nitrogens with one attached hydrogen (secondary N) is 1. The molecular weight excluding hydrogens is 148 g/mol. The van der Waals surface area contributed by atoms with Gasteiger partial charge in [-0.2, -0.15) is 0 Å². The number of methoxy groups -OCH3 is 1. The summed E-state index contributed by atoms with van der Waals surface area (Å²) in [7, 11) is 1.23. The standard InChI is InChI=1S/C6H11N2O3/c1-3-4-8(5-9)7-6(10)11-2/h3-4H2,1-2H3,(H,7,10). The molecule has 1 radical (unpaired) electrons. The Morgan fingerprint density at radius 1 is 1.73 bits per heavy atom. The van der Waals surface area contributed by atoms with Crippen molar-refractivity contribution in [3.8, 4) is 0 Å². The number of nitrogens with zero attached hydrogens (tertiary/aromatic N) is 1. The van der Waals surface area contributed by atoms with Crippen LogP contribution in [0.25, 0.3) is 0 Å². The first kappa shape index (κ1) is 9.74. The van der Waals surface area contributed by atoms with Gasteiger partial charge in [0, 0.05) is 6.54 Å². The fourth-order valence-corrected chi connectivity index (χ4v) is 0.504. The highest BCUT2D eigenvalue weighted by Crippen LogP contribution is 1.82. The summed E-state index contributed by atoms with van der Waals surface area (Å²) < 4.78 is 4.26. The highest BCUT2D eigenvalue weighted by Gasteiger charge is 2.04. The molecule has 0 fully saturated rings. The van der Waals surface area contributed by atoms with Crippen LogP contribution in [0.3, 0.4) is 0 Å². The molecule has 0 rings (SSSR count). The van der Waals surface area contributed by atoms with Gasteiger partial charge in [-0.3, -0.25) is 4.79 Å². The molecule has 5 nitrogen and oxygen atoms in total. The molecule has 0 heterocycles. The third-order valence-electron chi connectivity index (χ3n) is 0.969. The first-order chi connectivity index (χ1) is 5.24. The van der Waals surface area contributed by atoms with E-state index in [1.165, 1.54) is 13.5 Å². The van der Waals surface area contributed by atoms with Crippen molar-refractivity contribution in [3.63, 3.8) is 0 Å². The van der Waals surface area contributed by atoms with Gasteiger partial charge in [-0.15, -0.1) is 0 Å². The van der Waals surface area contributed by atoms with Crippen molar-refractivity contribution in [3.05, 3.63) is 0 Å². The number of carbonyl (C=O) groups is 1. The summed E-state index contributed by atoms with van der Waals surface area (Å²) in [5, 5.41) is 1.01. The quantitative estimate of drug-likeness (QED) is 0.465. The molecule has 5 heteroatoms. The minimum absolute atomic E-state index is 0.429. The molecule has 0 bridgehead atoms. The monoisotopic (exact) mass is 159 g/mol. The van der Waals surface area contributed by atoms with Crippen LogP contribution in [-0.4, -0.2) is 31.2 Å². The highest BCUT2D eigenvalue weighted by atomic mass is 16.5. The van der Waals surface area contributed by atoms with Gasteiger partial charge in [0.05, 0.1) is 7.11 Å². The first-order valence-electron chi connectivity index (χ1n) is 3.24. The van der Waals surface area contributed by atoms with Gasteiger partial charge in [0.1, 0.15) is 0 Å². The zero-order chi connectivity index (χ0) is 8.69. The summed E-state index contributed by atoms with van der Waals surface area (Å²) >= 11 is 0. The number of amides is 2. The molecule has 0 atom stereocenters. The summed E-state index contributed by atoms with van der Waals surface area (Å²) in [6.45, 7) is 2.31. The van der Waals surface area contributed by atoms with Crippen molar-refractivity contribution in [2.45, 2.75) is 13.3 Å². The summed E-state index contributed by atoms with van der Waals surface area (Å²) in [6.07, 6.45) is 1.62. The van der Waals surface area contributed by atoms with Crippen molar-refractivity contribution in [1.29, 1.82) is 0 Å². The Balaban J connectivity index is 3.67. The van der Waals surface area contributed by atoms with Gasteiger partial charge in [-0.1, -0.05) is 6.92 Å². The van der Waals surface area contributed by atoms with Gasteiger partial charge < -0.3 is 4.74 Å². The van der Waals surface area contributed by atoms with E-state index >= 15 is 0 Å². The van der Waals surface area contributed by atoms with Crippen LogP contribution >= 0.6 is 0 Å². The van der Waals surface area contributed by atoms with E-state index in [0.717, 1.165) is 11.4 Å². The van der Waals surface area contributed by atoms with Crippen LogP contribution in [0.15, 0.2) is 0 Å². The van der Waals surface area contributed by atoms with Crippen LogP contribution in [0.5, 0.6) is 0 Å². The molecule has 1 N–H and O–H groups in total. The molecule has 0 saturated heterocycles. The van der Waals surface area contributed by atoms with Crippen molar-refractivity contribution < 1.29 is 14.3 Å². The van der Waals surface area contributed by atoms with Crippen LogP contribution in [0.4, 0.5) is 4.79 Å². The maximum Gasteiger partial charge on any atom is 0.425 e. The maximum absolute atomic E-state index is 10.5. The molecule has 2 amide bonds. The molecule has 0 aliphatic heterocycles. The summed E-state index contributed by atoms with van der Waals surface area (Å²) in [5.41, 5.74) is 2.17. The number of ether oxygens (including phenoxy) is 1. The van der Waals surface area contributed by atoms with Crippen LogP contribution < -0.4 is 5.43 Å². The third kappa shape index (κ3) is 4.19. The topological polar surface area (TPSA) is 58.6 Å². The van der Waals surface area contributed by atoms with Crippen LogP contribution in [0, 0.1) is 0 Å². The van der Waals surface area contributed by atoms with Crippen LogP contribution in [-0.2, 0) is 9.53 Å². The number of hydrogen-bond donors (Lipinski definition) is 1. The second kappa shape index (κ2) is 5.52. The summed E-state index contributed by atoms with van der Waals surface area (Å²) in [6, 6.07) is 0. The number of hydrogen-bond acceptors (Lipinski definition) is 3. The predicted octanol–water partition coefficient (Wildman–Crippen LogP) is 0.0366. The lowest BCUT2D eigenvalue weighted by Crippen LogP contribution is -2.41. The van der Waals surface area contributed by atoms with Gasteiger partial charge in [0.15, 0.2) is 0 Å². The normalized spacial score (nSPS) is 8.55. The van der Waals surface area contributed by atoms with E-state index in [4.69, 9.17) is 0 Å². The lowest BCUT2D eigenvalue weighted by atomic mass is 10.5. The van der Waals surface area contributed by atoms with Crippen molar-refractivity contribution in [1.82, 2.24) is 10.4 Å². The Bertz CT molecular complexity index is 138. The molecule has 11 heavy (non-hydrogen) atoms. The molecule has 0 aliphatic carbocycles. The minimum atomic E-state index is -0.665. The second-order valence-corrected chi connectivity index (χ2v) is 1.85. The van der Waals surface area contributed by atoms with E-state index in [9.17, 15) is 9.59 Å². The predicted molar refractivity (Wildman–Crippen MR) is 38.2 cm³/mol. The molecule has 0 spiro atoms. The van der Waals surface area contributed by atoms with E-state index in [0.29, 0.717) is 6.54 Å². The molecule has 0 saturated carbocycles. The largest absolute Gasteiger partial charge is 0.452 e. The zero-order valence-corrected chi connectivity index (χ0v) is 6.59. The summed E-state index contributed by atoms with van der Waals surface area (Å²) in [4.78, 5) is 20.6. The minimum Gasteiger partial charge on any atom is -0.452 e. The molecule has 0 aromatic heterocycles. The summed E-state index contributed by atoms with van der Waals surface area (Å²) in [5.74, 6) is 0. The van der Waals surface area contributed by atoms with E-state index < -0.39 is 6.09 Å². The average molecular weight is 159 g/mol. The SMILES string of the molecule is CCCN([C]=O)NC(=O)OC. The Morgan fingerprint density at radius 2 is 2.36 bits per heavy atom. The smallest absolute Gasteiger partial charge is 0.425 e. The van der Waals surface area contributed by atoms with Crippen molar-refractivity contribution in [2.24, 2.45) is 0 Å². The van der Waals surface area contributed by atoms with Gasteiger partial charge in [-0.05, 0) is 6.42 Å². The molecule has 0 unspecified atom stereocenters. The second-order valence-electron chi connectivity index (χ2n) is 1.85. The Labute approximate surface area is 65.3 Å². The van der Waals surface area contributed by atoms with Crippen molar-refractivity contribution in [2.75, 3.05) is 13.7 Å². The zero-order valence-electron chi connectivity index (χ0n) is 6.59. The number of carbonyl (C=O) groups excluding carboxylic acids is 2. The highest BCUT2D eigenvalue weighted by molar-refractivity contribution is 5.68. The molecule has 0 aromatic rings. The van der Waals surface area contributed by atoms with E-state index in [2.05, 4.69) is 10.2 Å². The van der Waals surface area contributed by atoms with Crippen LogP contribution in [0.1, 0.15) is 13.3 Å². The maximum atomic E-state index is 10.5. The molecule has 0 aliphatic rings. The first-order valence-corrected chi connectivity index (χ1v) is 3.24. The Hall–Kier alpha value is -1.26. The Morgan fingerprint density at radius 3 is 2.73 bits per heavy atom. The lowest BCUT2D eigenvalue weighted by molar-refractivity contribution is 0.146. The van der Waals surface area contributed by atoms with Gasteiger partial charge in [0.25, 0.3) is 0 Å². The molecule has 63 valence electrons. The lowest BCUT2D eigenvalue weighted by Gasteiger charge is -2.14.